The highest BCUT2D eigenvalue weighted by Crippen LogP contribution is 2.21. The SMILES string of the molecule is Cc1cc(OC[C@@H](O)C[NH+]2CCN(c3ccccc3)CC2)ccc1Cl. The van der Waals surface area contributed by atoms with E-state index >= 15 is 0 Å². The maximum Gasteiger partial charge on any atom is 0.137 e. The van der Waals surface area contributed by atoms with Crippen LogP contribution >= 0.6 is 11.6 Å². The van der Waals surface area contributed by atoms with Crippen molar-refractivity contribution in [2.45, 2.75) is 13.0 Å². The van der Waals surface area contributed by atoms with Crippen LogP contribution in [0.4, 0.5) is 5.69 Å². The van der Waals surface area contributed by atoms with Gasteiger partial charge in [-0.1, -0.05) is 29.8 Å². The summed E-state index contributed by atoms with van der Waals surface area (Å²) in [4.78, 5) is 3.83. The topological polar surface area (TPSA) is 37.1 Å². The number of aliphatic hydroxyl groups excluding tert-OH is 1. The van der Waals surface area contributed by atoms with Crippen LogP contribution in [-0.4, -0.2) is 50.5 Å². The molecule has 1 fully saturated rings. The molecule has 0 aromatic heterocycles. The molecule has 0 bridgehead atoms. The summed E-state index contributed by atoms with van der Waals surface area (Å²) >= 11 is 6.02. The molecule has 25 heavy (non-hydrogen) atoms. The molecule has 0 saturated carbocycles. The number of nitrogens with one attached hydrogen (secondary N) is 1. The molecule has 4 nitrogen and oxygen atoms in total. The summed E-state index contributed by atoms with van der Waals surface area (Å²) in [5.74, 6) is 0.754. The van der Waals surface area contributed by atoms with E-state index in [1.807, 2.05) is 31.2 Å². The molecule has 2 N–H and O–H groups in total. The van der Waals surface area contributed by atoms with Crippen LogP contribution in [0, 0.1) is 6.92 Å². The lowest BCUT2D eigenvalue weighted by Crippen LogP contribution is -3.16. The second kappa shape index (κ2) is 8.56. The Bertz CT molecular complexity index is 673. The highest BCUT2D eigenvalue weighted by molar-refractivity contribution is 6.31. The van der Waals surface area contributed by atoms with Crippen LogP contribution in [0.2, 0.25) is 5.02 Å². The summed E-state index contributed by atoms with van der Waals surface area (Å²) in [5, 5.41) is 11.0. The van der Waals surface area contributed by atoms with Gasteiger partial charge in [-0.3, -0.25) is 0 Å². The molecular formula is C20H26ClN2O2+. The van der Waals surface area contributed by atoms with Crippen LogP contribution in [0.5, 0.6) is 5.75 Å². The average molecular weight is 362 g/mol. The van der Waals surface area contributed by atoms with Gasteiger partial charge >= 0.3 is 0 Å². The van der Waals surface area contributed by atoms with Crippen molar-refractivity contribution in [3.05, 3.63) is 59.1 Å². The van der Waals surface area contributed by atoms with Crippen molar-refractivity contribution in [2.75, 3.05) is 44.2 Å². The van der Waals surface area contributed by atoms with Crippen LogP contribution in [0.3, 0.4) is 0 Å². The second-order valence-electron chi connectivity index (χ2n) is 6.65. The van der Waals surface area contributed by atoms with Crippen molar-refractivity contribution in [1.29, 1.82) is 0 Å². The number of benzene rings is 2. The minimum absolute atomic E-state index is 0.312. The molecule has 0 unspecified atom stereocenters. The fourth-order valence-corrected chi connectivity index (χ4v) is 3.33. The normalized spacial score (nSPS) is 16.7. The minimum Gasteiger partial charge on any atom is -0.491 e. The van der Waals surface area contributed by atoms with Gasteiger partial charge in [0, 0.05) is 10.7 Å². The van der Waals surface area contributed by atoms with E-state index in [1.54, 1.807) is 0 Å². The van der Waals surface area contributed by atoms with Crippen LogP contribution < -0.4 is 14.5 Å². The molecular weight excluding hydrogens is 336 g/mol. The zero-order valence-corrected chi connectivity index (χ0v) is 15.4. The van der Waals surface area contributed by atoms with E-state index < -0.39 is 6.10 Å². The van der Waals surface area contributed by atoms with Gasteiger partial charge in [0.15, 0.2) is 0 Å². The number of aryl methyl sites for hydroxylation is 1. The molecule has 1 saturated heterocycles. The Morgan fingerprint density at radius 1 is 1.16 bits per heavy atom. The summed E-state index contributed by atoms with van der Waals surface area (Å²) in [6.45, 7) is 7.08. The van der Waals surface area contributed by atoms with Gasteiger partial charge in [0.05, 0.1) is 26.2 Å². The standard InChI is InChI=1S/C20H25ClN2O2/c1-16-13-19(7-8-20(16)21)25-15-18(24)14-22-9-11-23(12-10-22)17-5-3-2-4-6-17/h2-8,13,18,24H,9-12,14-15H2,1H3/p+1/t18-/m0/s1. The summed E-state index contributed by atoms with van der Waals surface area (Å²) in [5.41, 5.74) is 2.26. The predicted octanol–water partition coefficient (Wildman–Crippen LogP) is 1.79. The molecule has 1 aliphatic heterocycles. The van der Waals surface area contributed by atoms with E-state index in [2.05, 4.69) is 29.2 Å². The first-order valence-corrected chi connectivity index (χ1v) is 9.20. The molecule has 1 heterocycles. The largest absolute Gasteiger partial charge is 0.491 e. The van der Waals surface area contributed by atoms with Gasteiger partial charge in [-0.2, -0.15) is 0 Å². The summed E-state index contributed by atoms with van der Waals surface area (Å²) in [7, 11) is 0. The van der Waals surface area contributed by atoms with E-state index in [1.165, 1.54) is 10.6 Å². The Morgan fingerprint density at radius 2 is 1.88 bits per heavy atom. The molecule has 134 valence electrons. The lowest BCUT2D eigenvalue weighted by Gasteiger charge is -2.34. The van der Waals surface area contributed by atoms with E-state index in [4.69, 9.17) is 16.3 Å². The quantitative estimate of drug-likeness (QED) is 0.823. The third kappa shape index (κ3) is 5.11. The first kappa shape index (κ1) is 18.1. The number of rotatable bonds is 6. The van der Waals surface area contributed by atoms with Crippen molar-refractivity contribution in [3.63, 3.8) is 0 Å². The first-order chi connectivity index (χ1) is 12.1. The third-order valence-electron chi connectivity index (χ3n) is 4.69. The van der Waals surface area contributed by atoms with E-state index in [-0.39, 0.29) is 0 Å². The number of para-hydroxylation sites is 1. The monoisotopic (exact) mass is 361 g/mol. The minimum atomic E-state index is -0.464. The molecule has 2 aromatic rings. The van der Waals surface area contributed by atoms with Crippen molar-refractivity contribution >= 4 is 17.3 Å². The van der Waals surface area contributed by atoms with Crippen molar-refractivity contribution in [2.24, 2.45) is 0 Å². The summed E-state index contributed by atoms with van der Waals surface area (Å²) in [6.07, 6.45) is -0.464. The molecule has 2 aromatic carbocycles. The van der Waals surface area contributed by atoms with Crippen molar-refractivity contribution in [3.8, 4) is 5.75 Å². The molecule has 1 aliphatic rings. The Kier molecular flexibility index (Phi) is 6.19. The number of halogens is 1. The summed E-state index contributed by atoms with van der Waals surface area (Å²) < 4.78 is 5.70. The smallest absolute Gasteiger partial charge is 0.137 e. The van der Waals surface area contributed by atoms with Crippen LogP contribution in [0.15, 0.2) is 48.5 Å². The maximum atomic E-state index is 10.3. The molecule has 0 radical (unpaired) electrons. The predicted molar refractivity (Wildman–Crippen MR) is 102 cm³/mol. The number of anilines is 1. The van der Waals surface area contributed by atoms with Gasteiger partial charge in [-0.15, -0.1) is 0 Å². The number of quaternary nitrogens is 1. The van der Waals surface area contributed by atoms with E-state index in [0.29, 0.717) is 6.61 Å². The fourth-order valence-electron chi connectivity index (χ4n) is 3.22. The van der Waals surface area contributed by atoms with Crippen LogP contribution in [-0.2, 0) is 0 Å². The summed E-state index contributed by atoms with van der Waals surface area (Å²) in [6, 6.07) is 16.1. The molecule has 0 aliphatic carbocycles. The van der Waals surface area contributed by atoms with Gasteiger partial charge in [0.2, 0.25) is 0 Å². The first-order valence-electron chi connectivity index (χ1n) is 8.82. The van der Waals surface area contributed by atoms with Crippen LogP contribution in [0.1, 0.15) is 5.56 Å². The van der Waals surface area contributed by atoms with Crippen molar-refractivity contribution in [1.82, 2.24) is 0 Å². The number of nitrogens with zero attached hydrogens (tertiary/aromatic N) is 1. The van der Waals surface area contributed by atoms with Gasteiger partial charge in [-0.25, -0.2) is 0 Å². The number of ether oxygens (including phenoxy) is 1. The zero-order valence-electron chi connectivity index (χ0n) is 14.6. The Hall–Kier alpha value is -1.75. The van der Waals surface area contributed by atoms with Gasteiger partial charge in [-0.05, 0) is 42.8 Å². The van der Waals surface area contributed by atoms with Crippen molar-refractivity contribution < 1.29 is 14.7 Å². The van der Waals surface area contributed by atoms with E-state index in [0.717, 1.165) is 49.1 Å². The number of hydrogen-bond donors (Lipinski definition) is 2. The Morgan fingerprint density at radius 3 is 2.56 bits per heavy atom. The lowest BCUT2D eigenvalue weighted by molar-refractivity contribution is -0.903. The van der Waals surface area contributed by atoms with Gasteiger partial charge in [0.1, 0.15) is 25.0 Å². The van der Waals surface area contributed by atoms with Gasteiger partial charge < -0.3 is 19.6 Å². The number of hydrogen-bond acceptors (Lipinski definition) is 3. The molecule has 3 rings (SSSR count). The fraction of sp³-hybridized carbons (Fsp3) is 0.400. The average Bonchev–Trinajstić information content (AvgIpc) is 2.64. The molecule has 1 atom stereocenters. The highest BCUT2D eigenvalue weighted by Gasteiger charge is 2.22. The molecule has 0 amide bonds. The molecule has 0 spiro atoms. The molecule has 5 heteroatoms. The van der Waals surface area contributed by atoms with Crippen LogP contribution in [0.25, 0.3) is 0 Å². The maximum absolute atomic E-state index is 10.3. The third-order valence-corrected chi connectivity index (χ3v) is 5.11. The lowest BCUT2D eigenvalue weighted by atomic mass is 10.2. The van der Waals surface area contributed by atoms with Gasteiger partial charge in [0.25, 0.3) is 0 Å². The second-order valence-corrected chi connectivity index (χ2v) is 7.06. The Balaban J connectivity index is 1.41. The van der Waals surface area contributed by atoms with E-state index in [9.17, 15) is 5.11 Å². The Labute approximate surface area is 154 Å². The number of aliphatic hydroxyl groups is 1. The highest BCUT2D eigenvalue weighted by atomic mass is 35.5. The number of piperazine rings is 1. The zero-order chi connectivity index (χ0) is 17.6.